The zero-order chi connectivity index (χ0) is 14.4. The SMILES string of the molecule is CN(C)c1ccc(NC(=S)NCc2ccccc2)cc1. The third kappa shape index (κ3) is 4.24. The van der Waals surface area contributed by atoms with E-state index in [9.17, 15) is 0 Å². The molecule has 0 amide bonds. The first-order valence-electron chi connectivity index (χ1n) is 6.51. The first kappa shape index (κ1) is 14.3. The molecule has 2 aromatic rings. The van der Waals surface area contributed by atoms with Gasteiger partial charge in [-0.2, -0.15) is 0 Å². The van der Waals surface area contributed by atoms with Crippen LogP contribution in [0.2, 0.25) is 0 Å². The lowest BCUT2D eigenvalue weighted by Gasteiger charge is -2.14. The number of nitrogens with one attached hydrogen (secondary N) is 2. The van der Waals surface area contributed by atoms with E-state index in [4.69, 9.17) is 12.2 Å². The molecule has 0 atom stereocenters. The quantitative estimate of drug-likeness (QED) is 0.843. The number of rotatable bonds is 4. The highest BCUT2D eigenvalue weighted by atomic mass is 32.1. The minimum Gasteiger partial charge on any atom is -0.378 e. The van der Waals surface area contributed by atoms with Crippen molar-refractivity contribution in [3.8, 4) is 0 Å². The Morgan fingerprint density at radius 3 is 2.25 bits per heavy atom. The van der Waals surface area contributed by atoms with Crippen LogP contribution in [0.15, 0.2) is 54.6 Å². The van der Waals surface area contributed by atoms with E-state index < -0.39 is 0 Å². The van der Waals surface area contributed by atoms with Crippen molar-refractivity contribution in [1.82, 2.24) is 5.32 Å². The maximum atomic E-state index is 5.29. The van der Waals surface area contributed by atoms with Crippen LogP contribution in [0.1, 0.15) is 5.56 Å². The van der Waals surface area contributed by atoms with Crippen LogP contribution in [0.4, 0.5) is 11.4 Å². The van der Waals surface area contributed by atoms with Crippen LogP contribution in [0.5, 0.6) is 0 Å². The molecule has 3 nitrogen and oxygen atoms in total. The molecule has 2 rings (SSSR count). The number of nitrogens with zero attached hydrogens (tertiary/aromatic N) is 1. The number of thiocarbonyl (C=S) groups is 1. The summed E-state index contributed by atoms with van der Waals surface area (Å²) in [5, 5.41) is 7.01. The van der Waals surface area contributed by atoms with Crippen molar-refractivity contribution in [1.29, 1.82) is 0 Å². The Labute approximate surface area is 125 Å². The van der Waals surface area contributed by atoms with E-state index in [2.05, 4.69) is 39.8 Å². The molecule has 0 unspecified atom stereocenters. The Balaban J connectivity index is 1.85. The van der Waals surface area contributed by atoms with Gasteiger partial charge in [0, 0.05) is 32.0 Å². The van der Waals surface area contributed by atoms with Crippen molar-refractivity contribution in [2.45, 2.75) is 6.54 Å². The lowest BCUT2D eigenvalue weighted by Crippen LogP contribution is -2.27. The normalized spacial score (nSPS) is 9.90. The molecule has 0 aliphatic rings. The summed E-state index contributed by atoms with van der Waals surface area (Å²) in [4.78, 5) is 2.07. The van der Waals surface area contributed by atoms with Crippen LogP contribution < -0.4 is 15.5 Å². The lowest BCUT2D eigenvalue weighted by molar-refractivity contribution is 0.926. The summed E-state index contributed by atoms with van der Waals surface area (Å²) < 4.78 is 0. The molecule has 0 spiro atoms. The van der Waals surface area contributed by atoms with Crippen molar-refractivity contribution in [2.75, 3.05) is 24.3 Å². The predicted molar refractivity (Wildman–Crippen MR) is 90.3 cm³/mol. The molecule has 4 heteroatoms. The van der Waals surface area contributed by atoms with Crippen LogP contribution in [0, 0.1) is 0 Å². The van der Waals surface area contributed by atoms with E-state index in [1.165, 1.54) is 11.3 Å². The van der Waals surface area contributed by atoms with E-state index in [0.717, 1.165) is 12.2 Å². The van der Waals surface area contributed by atoms with Crippen LogP contribution in [0.25, 0.3) is 0 Å². The van der Waals surface area contributed by atoms with E-state index in [1.807, 2.05) is 44.4 Å². The fourth-order valence-corrected chi connectivity index (χ4v) is 1.99. The average Bonchev–Trinajstić information content (AvgIpc) is 2.47. The number of benzene rings is 2. The van der Waals surface area contributed by atoms with Crippen LogP contribution in [0.3, 0.4) is 0 Å². The Hall–Kier alpha value is -2.07. The van der Waals surface area contributed by atoms with Crippen LogP contribution >= 0.6 is 12.2 Å². The van der Waals surface area contributed by atoms with Crippen molar-refractivity contribution < 1.29 is 0 Å². The molecule has 0 aliphatic heterocycles. The van der Waals surface area contributed by atoms with Crippen LogP contribution in [-0.2, 0) is 6.54 Å². The van der Waals surface area contributed by atoms with E-state index in [0.29, 0.717) is 5.11 Å². The molecule has 104 valence electrons. The maximum absolute atomic E-state index is 5.29. The highest BCUT2D eigenvalue weighted by Crippen LogP contribution is 2.15. The molecule has 2 aromatic carbocycles. The minimum absolute atomic E-state index is 0.631. The van der Waals surface area contributed by atoms with E-state index in [-0.39, 0.29) is 0 Å². The molecule has 0 heterocycles. The zero-order valence-corrected chi connectivity index (χ0v) is 12.6. The van der Waals surface area contributed by atoms with Gasteiger partial charge in [-0.15, -0.1) is 0 Å². The second-order valence-electron chi connectivity index (χ2n) is 4.73. The van der Waals surface area contributed by atoms with Gasteiger partial charge in [-0.3, -0.25) is 0 Å². The Morgan fingerprint density at radius 2 is 1.65 bits per heavy atom. The highest BCUT2D eigenvalue weighted by Gasteiger charge is 1.99. The summed E-state index contributed by atoms with van der Waals surface area (Å²) in [6.45, 7) is 0.725. The maximum Gasteiger partial charge on any atom is 0.171 e. The van der Waals surface area contributed by atoms with Gasteiger partial charge >= 0.3 is 0 Å². The topological polar surface area (TPSA) is 27.3 Å². The third-order valence-electron chi connectivity index (χ3n) is 2.94. The lowest BCUT2D eigenvalue weighted by atomic mass is 10.2. The molecule has 0 saturated heterocycles. The Bertz CT molecular complexity index is 550. The van der Waals surface area contributed by atoms with Crippen molar-refractivity contribution in [3.63, 3.8) is 0 Å². The first-order valence-corrected chi connectivity index (χ1v) is 6.92. The fourth-order valence-electron chi connectivity index (χ4n) is 1.80. The molecular formula is C16H19N3S. The number of hydrogen-bond acceptors (Lipinski definition) is 2. The summed E-state index contributed by atoms with van der Waals surface area (Å²) in [6, 6.07) is 18.3. The van der Waals surface area contributed by atoms with Gasteiger partial charge in [0.2, 0.25) is 0 Å². The molecule has 0 saturated carbocycles. The van der Waals surface area contributed by atoms with Crippen molar-refractivity contribution >= 4 is 28.7 Å². The molecule has 0 bridgehead atoms. The van der Waals surface area contributed by atoms with Crippen molar-refractivity contribution in [3.05, 3.63) is 60.2 Å². The summed E-state index contributed by atoms with van der Waals surface area (Å²) in [6.07, 6.45) is 0. The standard InChI is InChI=1S/C16H19N3S/c1-19(2)15-10-8-14(9-11-15)18-16(20)17-12-13-6-4-3-5-7-13/h3-11H,12H2,1-2H3,(H2,17,18,20). The van der Waals surface area contributed by atoms with Gasteiger partial charge in [0.1, 0.15) is 0 Å². The second kappa shape index (κ2) is 6.91. The molecule has 0 radical (unpaired) electrons. The number of hydrogen-bond donors (Lipinski definition) is 2. The number of anilines is 2. The van der Waals surface area contributed by atoms with E-state index >= 15 is 0 Å². The third-order valence-corrected chi connectivity index (χ3v) is 3.18. The summed E-state index contributed by atoms with van der Waals surface area (Å²) in [5.74, 6) is 0. The molecular weight excluding hydrogens is 266 g/mol. The summed E-state index contributed by atoms with van der Waals surface area (Å²) in [7, 11) is 4.04. The molecule has 0 aromatic heterocycles. The van der Waals surface area contributed by atoms with Crippen LogP contribution in [-0.4, -0.2) is 19.2 Å². The largest absolute Gasteiger partial charge is 0.378 e. The van der Waals surface area contributed by atoms with Crippen molar-refractivity contribution in [2.24, 2.45) is 0 Å². The van der Waals surface area contributed by atoms with Gasteiger partial charge in [0.05, 0.1) is 0 Å². The van der Waals surface area contributed by atoms with Gasteiger partial charge in [0.15, 0.2) is 5.11 Å². The zero-order valence-electron chi connectivity index (χ0n) is 11.8. The molecule has 0 fully saturated rings. The monoisotopic (exact) mass is 285 g/mol. The van der Waals surface area contributed by atoms with Gasteiger partial charge in [-0.25, -0.2) is 0 Å². The van der Waals surface area contributed by atoms with Gasteiger partial charge in [0.25, 0.3) is 0 Å². The van der Waals surface area contributed by atoms with Gasteiger partial charge < -0.3 is 15.5 Å². The fraction of sp³-hybridized carbons (Fsp3) is 0.188. The van der Waals surface area contributed by atoms with E-state index in [1.54, 1.807) is 0 Å². The average molecular weight is 285 g/mol. The van der Waals surface area contributed by atoms with Gasteiger partial charge in [-0.05, 0) is 42.0 Å². The molecule has 20 heavy (non-hydrogen) atoms. The minimum atomic E-state index is 0.631. The highest BCUT2D eigenvalue weighted by molar-refractivity contribution is 7.80. The predicted octanol–water partition coefficient (Wildman–Crippen LogP) is 3.24. The molecule has 2 N–H and O–H groups in total. The summed E-state index contributed by atoms with van der Waals surface area (Å²) in [5.41, 5.74) is 3.36. The first-order chi connectivity index (χ1) is 9.65. The molecule has 0 aliphatic carbocycles. The summed E-state index contributed by atoms with van der Waals surface area (Å²) >= 11 is 5.29. The van der Waals surface area contributed by atoms with Gasteiger partial charge in [-0.1, -0.05) is 30.3 Å². The smallest absolute Gasteiger partial charge is 0.171 e. The second-order valence-corrected chi connectivity index (χ2v) is 5.14. The Morgan fingerprint density at radius 1 is 1.00 bits per heavy atom. The Kier molecular flexibility index (Phi) is 4.96.